The lowest BCUT2D eigenvalue weighted by Crippen LogP contribution is -2.35. The number of nitrogens with one attached hydrogen (secondary N) is 2. The fraction of sp³-hybridized carbons (Fsp3) is 0.556. The minimum atomic E-state index is -4.48. The van der Waals surface area contributed by atoms with Gasteiger partial charge in [-0.1, -0.05) is 20.8 Å². The third-order valence-corrected chi connectivity index (χ3v) is 3.63. The van der Waals surface area contributed by atoms with E-state index < -0.39 is 23.1 Å². The maximum absolute atomic E-state index is 12.9. The monoisotopic (exact) mass is 373 g/mol. The van der Waals surface area contributed by atoms with Crippen LogP contribution < -0.4 is 15.5 Å². The molecule has 0 radical (unpaired) electrons. The predicted octanol–water partition coefficient (Wildman–Crippen LogP) is 3.65. The Balaban J connectivity index is 2.69. The summed E-state index contributed by atoms with van der Waals surface area (Å²) in [5.74, 6) is -0.525. The number of nitrogens with zero attached hydrogens (tertiary/aromatic N) is 1. The van der Waals surface area contributed by atoms with E-state index in [-0.39, 0.29) is 18.0 Å². The zero-order valence-corrected chi connectivity index (χ0v) is 15.8. The molecular formula is C18H26F3N3O2. The lowest BCUT2D eigenvalue weighted by Gasteiger charge is -2.20. The molecule has 0 aromatic heterocycles. The summed E-state index contributed by atoms with van der Waals surface area (Å²) in [7, 11) is 3.36. The summed E-state index contributed by atoms with van der Waals surface area (Å²) in [6.07, 6.45) is -4.00. The van der Waals surface area contributed by atoms with Crippen molar-refractivity contribution in [3.05, 3.63) is 23.8 Å². The largest absolute Gasteiger partial charge is 0.416 e. The van der Waals surface area contributed by atoms with Crippen LogP contribution in [-0.2, 0) is 15.8 Å². The SMILES string of the molecule is CN(C)c1ccc(C(F)(F)F)cc1NC(=O)CCCNC(=O)C(C)(C)C. The van der Waals surface area contributed by atoms with Gasteiger partial charge in [0.25, 0.3) is 0 Å². The lowest BCUT2D eigenvalue weighted by molar-refractivity contribution is -0.137. The summed E-state index contributed by atoms with van der Waals surface area (Å²) in [4.78, 5) is 25.4. The van der Waals surface area contributed by atoms with Crippen molar-refractivity contribution in [3.8, 4) is 0 Å². The van der Waals surface area contributed by atoms with E-state index >= 15 is 0 Å². The molecule has 0 aliphatic carbocycles. The van der Waals surface area contributed by atoms with Gasteiger partial charge in [-0.2, -0.15) is 13.2 Å². The quantitative estimate of drug-likeness (QED) is 0.748. The van der Waals surface area contributed by atoms with Crippen LogP contribution in [0.1, 0.15) is 39.2 Å². The summed E-state index contributed by atoms with van der Waals surface area (Å²) in [5, 5.41) is 5.25. The number of hydrogen-bond donors (Lipinski definition) is 2. The van der Waals surface area contributed by atoms with Gasteiger partial charge in [0.05, 0.1) is 16.9 Å². The van der Waals surface area contributed by atoms with Gasteiger partial charge in [-0.25, -0.2) is 0 Å². The number of carbonyl (C=O) groups is 2. The second kappa shape index (κ2) is 8.42. The summed E-state index contributed by atoms with van der Waals surface area (Å²) >= 11 is 0. The molecule has 26 heavy (non-hydrogen) atoms. The average molecular weight is 373 g/mol. The van der Waals surface area contributed by atoms with Gasteiger partial charge in [-0.15, -0.1) is 0 Å². The molecule has 2 N–H and O–H groups in total. The van der Waals surface area contributed by atoms with E-state index in [9.17, 15) is 22.8 Å². The normalized spacial score (nSPS) is 11.8. The average Bonchev–Trinajstić information content (AvgIpc) is 2.49. The Labute approximate surface area is 151 Å². The molecule has 0 heterocycles. The maximum Gasteiger partial charge on any atom is 0.416 e. The molecular weight excluding hydrogens is 347 g/mol. The van der Waals surface area contributed by atoms with Crippen LogP contribution in [0.2, 0.25) is 0 Å². The fourth-order valence-electron chi connectivity index (χ4n) is 2.13. The molecule has 146 valence electrons. The van der Waals surface area contributed by atoms with Gasteiger partial charge >= 0.3 is 6.18 Å². The van der Waals surface area contributed by atoms with Crippen LogP contribution in [-0.4, -0.2) is 32.5 Å². The number of alkyl halides is 3. The van der Waals surface area contributed by atoms with Gasteiger partial charge in [0.2, 0.25) is 11.8 Å². The minimum absolute atomic E-state index is 0.0908. The Bertz CT molecular complexity index is 650. The molecule has 0 spiro atoms. The molecule has 2 amide bonds. The third kappa shape index (κ3) is 6.57. The Hall–Kier alpha value is -2.25. The standard InChI is InChI=1S/C18H26F3N3O2/c1-17(2,3)16(26)22-10-6-7-15(25)23-13-11-12(18(19,20)21)8-9-14(13)24(4)5/h8-9,11H,6-7,10H2,1-5H3,(H,22,26)(H,23,25). The summed E-state index contributed by atoms with van der Waals surface area (Å²) in [6, 6.07) is 3.23. The van der Waals surface area contributed by atoms with Crippen molar-refractivity contribution in [2.24, 2.45) is 5.41 Å². The van der Waals surface area contributed by atoms with E-state index in [1.165, 1.54) is 6.07 Å². The summed E-state index contributed by atoms with van der Waals surface area (Å²) in [6.45, 7) is 5.68. The van der Waals surface area contributed by atoms with Crippen LogP contribution in [0.25, 0.3) is 0 Å². The molecule has 1 aromatic rings. The van der Waals surface area contributed by atoms with Crippen LogP contribution >= 0.6 is 0 Å². The zero-order valence-electron chi connectivity index (χ0n) is 15.8. The van der Waals surface area contributed by atoms with Crippen molar-refractivity contribution in [2.45, 2.75) is 39.8 Å². The van der Waals surface area contributed by atoms with E-state index in [2.05, 4.69) is 10.6 Å². The molecule has 0 unspecified atom stereocenters. The van der Waals surface area contributed by atoms with Crippen molar-refractivity contribution in [1.29, 1.82) is 0 Å². The number of rotatable bonds is 6. The van der Waals surface area contributed by atoms with Crippen LogP contribution in [0, 0.1) is 5.41 Å². The van der Waals surface area contributed by atoms with Crippen LogP contribution in [0.3, 0.4) is 0 Å². The molecule has 1 rings (SSSR count). The number of anilines is 2. The molecule has 0 aliphatic heterocycles. The van der Waals surface area contributed by atoms with Gasteiger partial charge < -0.3 is 15.5 Å². The zero-order chi connectivity index (χ0) is 20.1. The van der Waals surface area contributed by atoms with Crippen molar-refractivity contribution in [1.82, 2.24) is 5.32 Å². The third-order valence-electron chi connectivity index (χ3n) is 3.63. The second-order valence-corrected chi connectivity index (χ2v) is 7.28. The van der Waals surface area contributed by atoms with Crippen molar-refractivity contribution in [2.75, 3.05) is 30.9 Å². The van der Waals surface area contributed by atoms with Crippen molar-refractivity contribution in [3.63, 3.8) is 0 Å². The van der Waals surface area contributed by atoms with Gasteiger partial charge in [0.1, 0.15) is 0 Å². The van der Waals surface area contributed by atoms with Gasteiger partial charge in [-0.3, -0.25) is 9.59 Å². The molecule has 5 nitrogen and oxygen atoms in total. The topological polar surface area (TPSA) is 61.4 Å². The smallest absolute Gasteiger partial charge is 0.376 e. The molecule has 0 atom stereocenters. The van der Waals surface area contributed by atoms with E-state index in [0.29, 0.717) is 18.7 Å². The Morgan fingerprint density at radius 3 is 2.23 bits per heavy atom. The Kier molecular flexibility index (Phi) is 7.06. The minimum Gasteiger partial charge on any atom is -0.376 e. The summed E-state index contributed by atoms with van der Waals surface area (Å²) < 4.78 is 38.7. The van der Waals surface area contributed by atoms with Gasteiger partial charge in [-0.05, 0) is 24.6 Å². The van der Waals surface area contributed by atoms with E-state index in [1.54, 1.807) is 39.8 Å². The number of halogens is 3. The van der Waals surface area contributed by atoms with Crippen LogP contribution in [0.4, 0.5) is 24.5 Å². The van der Waals surface area contributed by atoms with E-state index in [4.69, 9.17) is 0 Å². The highest BCUT2D eigenvalue weighted by molar-refractivity contribution is 5.94. The predicted molar refractivity (Wildman–Crippen MR) is 96.1 cm³/mol. The lowest BCUT2D eigenvalue weighted by atomic mass is 9.96. The number of benzene rings is 1. The fourth-order valence-corrected chi connectivity index (χ4v) is 2.13. The van der Waals surface area contributed by atoms with Crippen LogP contribution in [0.15, 0.2) is 18.2 Å². The molecule has 0 bridgehead atoms. The first kappa shape index (κ1) is 21.8. The van der Waals surface area contributed by atoms with E-state index in [0.717, 1.165) is 12.1 Å². The first-order valence-corrected chi connectivity index (χ1v) is 8.29. The molecule has 1 aromatic carbocycles. The molecule has 8 heteroatoms. The second-order valence-electron chi connectivity index (χ2n) is 7.28. The maximum atomic E-state index is 12.9. The number of amides is 2. The Morgan fingerprint density at radius 2 is 1.73 bits per heavy atom. The van der Waals surface area contributed by atoms with E-state index in [1.807, 2.05) is 0 Å². The highest BCUT2D eigenvalue weighted by Crippen LogP contribution is 2.34. The number of hydrogen-bond acceptors (Lipinski definition) is 3. The molecule has 0 saturated carbocycles. The van der Waals surface area contributed by atoms with Gasteiger partial charge in [0.15, 0.2) is 0 Å². The molecule has 0 fully saturated rings. The molecule has 0 saturated heterocycles. The number of carbonyl (C=O) groups excluding carboxylic acids is 2. The van der Waals surface area contributed by atoms with Gasteiger partial charge in [0, 0.05) is 32.5 Å². The Morgan fingerprint density at radius 1 is 1.12 bits per heavy atom. The first-order chi connectivity index (χ1) is 11.8. The molecule has 0 aliphatic rings. The van der Waals surface area contributed by atoms with Crippen LogP contribution in [0.5, 0.6) is 0 Å². The summed E-state index contributed by atoms with van der Waals surface area (Å²) in [5.41, 5.74) is -0.752. The first-order valence-electron chi connectivity index (χ1n) is 8.29. The van der Waals surface area contributed by atoms with Crippen molar-refractivity contribution < 1.29 is 22.8 Å². The highest BCUT2D eigenvalue weighted by atomic mass is 19.4. The van der Waals surface area contributed by atoms with Crippen molar-refractivity contribution >= 4 is 23.2 Å². The highest BCUT2D eigenvalue weighted by Gasteiger charge is 2.31.